The molecule has 0 aromatic heterocycles. The van der Waals surface area contributed by atoms with Crippen LogP contribution < -0.4 is 5.73 Å². The summed E-state index contributed by atoms with van der Waals surface area (Å²) in [5.74, 6) is 1.81. The van der Waals surface area contributed by atoms with Gasteiger partial charge in [-0.3, -0.25) is 0 Å². The molecule has 1 unspecified atom stereocenters. The maximum Gasteiger partial charge on any atom is 0.0542 e. The lowest BCUT2D eigenvalue weighted by atomic mass is 10.1. The van der Waals surface area contributed by atoms with Gasteiger partial charge in [-0.2, -0.15) is 0 Å². The Bertz CT molecular complexity index is 424. The topological polar surface area (TPSA) is 29.3 Å². The highest BCUT2D eigenvalue weighted by atomic mass is 35.5. The van der Waals surface area contributed by atoms with Crippen molar-refractivity contribution in [3.05, 3.63) is 28.2 Å². The van der Waals surface area contributed by atoms with Crippen molar-refractivity contribution in [3.8, 4) is 0 Å². The molecule has 1 saturated carbocycles. The first kappa shape index (κ1) is 15.5. The number of rotatable bonds is 7. The lowest BCUT2D eigenvalue weighted by molar-refractivity contribution is 0.236. The first-order chi connectivity index (χ1) is 9.11. The molecule has 1 fully saturated rings. The van der Waals surface area contributed by atoms with Crippen LogP contribution in [0.4, 0.5) is 0 Å². The standard InChI is InChI=1S/C14H20Cl2N2S/c1-18(13(9-17)10-2-3-10)6-7-19-14-8-11(15)4-5-12(14)16/h4-5,8,10,13H,2-3,6-7,9,17H2,1H3. The molecule has 0 spiro atoms. The average Bonchev–Trinajstić information content (AvgIpc) is 3.19. The van der Waals surface area contributed by atoms with E-state index in [-0.39, 0.29) is 0 Å². The fourth-order valence-corrected chi connectivity index (χ4v) is 3.80. The van der Waals surface area contributed by atoms with Crippen LogP contribution in [0.3, 0.4) is 0 Å². The molecule has 0 heterocycles. The molecule has 106 valence electrons. The predicted octanol–water partition coefficient (Wildman–Crippen LogP) is 3.75. The van der Waals surface area contributed by atoms with E-state index >= 15 is 0 Å². The molecule has 1 atom stereocenters. The van der Waals surface area contributed by atoms with E-state index in [0.717, 1.165) is 39.7 Å². The normalized spacial score (nSPS) is 16.9. The van der Waals surface area contributed by atoms with Gasteiger partial charge in [-0.25, -0.2) is 0 Å². The molecule has 0 saturated heterocycles. The van der Waals surface area contributed by atoms with Gasteiger partial charge >= 0.3 is 0 Å². The molecule has 0 bridgehead atoms. The van der Waals surface area contributed by atoms with Crippen molar-refractivity contribution < 1.29 is 0 Å². The molecule has 2 nitrogen and oxygen atoms in total. The second-order valence-electron chi connectivity index (χ2n) is 5.04. The minimum atomic E-state index is 0.537. The molecule has 0 radical (unpaired) electrons. The van der Waals surface area contributed by atoms with Crippen LogP contribution in [-0.4, -0.2) is 36.8 Å². The number of benzene rings is 1. The van der Waals surface area contributed by atoms with Crippen molar-refractivity contribution in [2.45, 2.75) is 23.8 Å². The number of hydrogen-bond acceptors (Lipinski definition) is 3. The minimum Gasteiger partial charge on any atom is -0.329 e. The maximum absolute atomic E-state index is 6.15. The molecule has 5 heteroatoms. The number of thioether (sulfide) groups is 1. The molecule has 1 aromatic carbocycles. The summed E-state index contributed by atoms with van der Waals surface area (Å²) in [6.45, 7) is 1.77. The fraction of sp³-hybridized carbons (Fsp3) is 0.571. The smallest absolute Gasteiger partial charge is 0.0542 e. The zero-order valence-corrected chi connectivity index (χ0v) is 13.4. The second-order valence-corrected chi connectivity index (χ2v) is 7.02. The summed E-state index contributed by atoms with van der Waals surface area (Å²) in [6.07, 6.45) is 2.67. The molecule has 1 aliphatic rings. The Morgan fingerprint density at radius 2 is 2.16 bits per heavy atom. The third-order valence-corrected chi connectivity index (χ3v) is 5.28. The summed E-state index contributed by atoms with van der Waals surface area (Å²) in [7, 11) is 2.16. The van der Waals surface area contributed by atoms with Gasteiger partial charge in [-0.1, -0.05) is 23.2 Å². The van der Waals surface area contributed by atoms with E-state index < -0.39 is 0 Å². The van der Waals surface area contributed by atoms with Crippen LogP contribution in [0.15, 0.2) is 23.1 Å². The lowest BCUT2D eigenvalue weighted by Crippen LogP contribution is -2.40. The Balaban J connectivity index is 1.80. The van der Waals surface area contributed by atoms with E-state index in [0.29, 0.717) is 6.04 Å². The summed E-state index contributed by atoms with van der Waals surface area (Å²) in [6, 6.07) is 6.13. The van der Waals surface area contributed by atoms with E-state index in [4.69, 9.17) is 28.9 Å². The Morgan fingerprint density at radius 1 is 1.42 bits per heavy atom. The van der Waals surface area contributed by atoms with Crippen LogP contribution in [0, 0.1) is 5.92 Å². The third-order valence-electron chi connectivity index (χ3n) is 3.57. The van der Waals surface area contributed by atoms with Gasteiger partial charge in [-0.05, 0) is 44.0 Å². The predicted molar refractivity (Wildman–Crippen MR) is 85.4 cm³/mol. The van der Waals surface area contributed by atoms with Crippen molar-refractivity contribution in [2.24, 2.45) is 11.7 Å². The van der Waals surface area contributed by atoms with Gasteiger partial charge in [0.05, 0.1) is 5.02 Å². The Hall–Kier alpha value is 0.0700. The van der Waals surface area contributed by atoms with Gasteiger partial charge < -0.3 is 10.6 Å². The van der Waals surface area contributed by atoms with Gasteiger partial charge in [0.1, 0.15) is 0 Å². The first-order valence-electron chi connectivity index (χ1n) is 6.60. The van der Waals surface area contributed by atoms with Crippen LogP contribution in [0.5, 0.6) is 0 Å². The molecule has 2 rings (SSSR count). The van der Waals surface area contributed by atoms with E-state index in [1.807, 2.05) is 18.2 Å². The zero-order chi connectivity index (χ0) is 13.8. The Morgan fingerprint density at radius 3 is 2.79 bits per heavy atom. The van der Waals surface area contributed by atoms with Crippen molar-refractivity contribution in [1.29, 1.82) is 0 Å². The van der Waals surface area contributed by atoms with Gasteiger partial charge in [-0.15, -0.1) is 11.8 Å². The summed E-state index contributed by atoms with van der Waals surface area (Å²) in [4.78, 5) is 3.43. The summed E-state index contributed by atoms with van der Waals surface area (Å²) < 4.78 is 0. The zero-order valence-electron chi connectivity index (χ0n) is 11.1. The Kier molecular flexibility index (Phi) is 5.85. The molecule has 1 aromatic rings. The number of likely N-dealkylation sites (N-methyl/N-ethyl adjacent to an activating group) is 1. The minimum absolute atomic E-state index is 0.537. The van der Waals surface area contributed by atoms with Crippen LogP contribution in [0.2, 0.25) is 10.0 Å². The molecule has 19 heavy (non-hydrogen) atoms. The molecule has 2 N–H and O–H groups in total. The summed E-state index contributed by atoms with van der Waals surface area (Å²) >= 11 is 13.9. The van der Waals surface area contributed by atoms with Crippen LogP contribution in [0.25, 0.3) is 0 Å². The molecule has 1 aliphatic carbocycles. The van der Waals surface area contributed by atoms with Crippen LogP contribution in [-0.2, 0) is 0 Å². The van der Waals surface area contributed by atoms with Gasteiger partial charge in [0, 0.05) is 34.8 Å². The highest BCUT2D eigenvalue weighted by Crippen LogP contribution is 2.35. The molecular weight excluding hydrogens is 299 g/mol. The number of nitrogens with two attached hydrogens (primary N) is 1. The quantitative estimate of drug-likeness (QED) is 0.776. The third kappa shape index (κ3) is 4.54. The van der Waals surface area contributed by atoms with Gasteiger partial charge in [0.15, 0.2) is 0 Å². The monoisotopic (exact) mass is 318 g/mol. The highest BCUT2D eigenvalue weighted by Gasteiger charge is 2.32. The number of nitrogens with zero attached hydrogens (tertiary/aromatic N) is 1. The van der Waals surface area contributed by atoms with Crippen molar-refractivity contribution in [3.63, 3.8) is 0 Å². The summed E-state index contributed by atoms with van der Waals surface area (Å²) in [5, 5.41) is 1.51. The van der Waals surface area contributed by atoms with Crippen molar-refractivity contribution in [2.75, 3.05) is 25.9 Å². The average molecular weight is 319 g/mol. The summed E-state index contributed by atoms with van der Waals surface area (Å²) in [5.41, 5.74) is 5.85. The van der Waals surface area contributed by atoms with E-state index in [1.54, 1.807) is 11.8 Å². The lowest BCUT2D eigenvalue weighted by Gasteiger charge is -2.26. The number of hydrogen-bond donors (Lipinski definition) is 1. The van der Waals surface area contributed by atoms with Crippen molar-refractivity contribution >= 4 is 35.0 Å². The first-order valence-corrected chi connectivity index (χ1v) is 8.34. The molecule has 0 aliphatic heterocycles. The van der Waals surface area contributed by atoms with Gasteiger partial charge in [0.25, 0.3) is 0 Å². The highest BCUT2D eigenvalue weighted by molar-refractivity contribution is 7.99. The van der Waals surface area contributed by atoms with E-state index in [1.165, 1.54) is 12.8 Å². The number of halogens is 2. The molecule has 0 amide bonds. The van der Waals surface area contributed by atoms with Crippen molar-refractivity contribution in [1.82, 2.24) is 4.90 Å². The van der Waals surface area contributed by atoms with Crippen LogP contribution >= 0.6 is 35.0 Å². The van der Waals surface area contributed by atoms with Crippen LogP contribution in [0.1, 0.15) is 12.8 Å². The van der Waals surface area contributed by atoms with E-state index in [9.17, 15) is 0 Å². The maximum atomic E-state index is 6.15. The fourth-order valence-electron chi connectivity index (χ4n) is 2.27. The molecular formula is C14H20Cl2N2S. The van der Waals surface area contributed by atoms with Gasteiger partial charge in [0.2, 0.25) is 0 Å². The SMILES string of the molecule is CN(CCSc1cc(Cl)ccc1Cl)C(CN)C1CC1. The van der Waals surface area contributed by atoms with E-state index in [2.05, 4.69) is 11.9 Å². The Labute approximate surface area is 129 Å². The largest absolute Gasteiger partial charge is 0.329 e. The second kappa shape index (κ2) is 7.19.